The number of aliphatic hydroxyl groups excluding tert-OH is 1. The third-order valence-corrected chi connectivity index (χ3v) is 0.926. The molecule has 0 aromatic heterocycles. The summed E-state index contributed by atoms with van der Waals surface area (Å²) in [4.78, 5) is 0. The first-order chi connectivity index (χ1) is 3.27. The minimum absolute atomic E-state index is 0.650. The highest BCUT2D eigenvalue weighted by atomic mass is 35.5. The van der Waals surface area contributed by atoms with Gasteiger partial charge in [0.05, 0.1) is 0 Å². The molecule has 7 heavy (non-hydrogen) atoms. The molecule has 0 aromatic carbocycles. The van der Waals surface area contributed by atoms with Crippen molar-refractivity contribution in [2.24, 2.45) is 5.92 Å². The second-order valence-corrected chi connectivity index (χ2v) is 1.86. The van der Waals surface area contributed by atoms with E-state index in [1.807, 2.05) is 0 Å². The zero-order valence-electron chi connectivity index (χ0n) is 5.11. The van der Waals surface area contributed by atoms with E-state index in [0.29, 0.717) is 5.92 Å². The van der Waals surface area contributed by atoms with Crippen molar-refractivity contribution < 1.29 is 5.11 Å². The first-order valence-electron chi connectivity index (χ1n) is 2.28. The van der Waals surface area contributed by atoms with Gasteiger partial charge in [-0.15, -0.1) is 11.6 Å². The molecule has 0 bridgehead atoms. The summed E-state index contributed by atoms with van der Waals surface area (Å²) < 4.78 is 0. The number of hydrogen-bond donors (Lipinski definition) is 1. The smallest absolute Gasteiger partial charge is 0.0319 e. The van der Waals surface area contributed by atoms with Crippen molar-refractivity contribution in [1.82, 2.24) is 0 Å². The van der Waals surface area contributed by atoms with E-state index < -0.39 is 0 Å². The van der Waals surface area contributed by atoms with Crippen LogP contribution >= 0.6 is 11.6 Å². The van der Waals surface area contributed by atoms with E-state index in [2.05, 4.69) is 13.8 Å². The average molecular weight is 125 g/mol. The lowest BCUT2D eigenvalue weighted by molar-refractivity contribution is 0.399. The predicted molar refractivity (Wildman–Crippen MR) is 33.7 cm³/mol. The zero-order valence-corrected chi connectivity index (χ0v) is 5.87. The van der Waals surface area contributed by atoms with Gasteiger partial charge in [0.2, 0.25) is 0 Å². The topological polar surface area (TPSA) is 20.2 Å². The highest BCUT2D eigenvalue weighted by molar-refractivity contribution is 6.17. The molecular formula is C5H13ClO. The second kappa shape index (κ2) is 9.54. The number of rotatable bonds is 1. The summed E-state index contributed by atoms with van der Waals surface area (Å²) >= 11 is 5.34. The van der Waals surface area contributed by atoms with E-state index in [1.165, 1.54) is 0 Å². The van der Waals surface area contributed by atoms with E-state index in [1.54, 1.807) is 0 Å². The van der Waals surface area contributed by atoms with Crippen LogP contribution in [0.5, 0.6) is 0 Å². The van der Waals surface area contributed by atoms with Crippen molar-refractivity contribution in [2.45, 2.75) is 13.8 Å². The van der Waals surface area contributed by atoms with Crippen LogP contribution in [0, 0.1) is 5.92 Å². The monoisotopic (exact) mass is 124 g/mol. The Kier molecular flexibility index (Phi) is 14.0. The molecule has 0 heterocycles. The molecule has 0 saturated heterocycles. The van der Waals surface area contributed by atoms with E-state index >= 15 is 0 Å². The molecule has 0 aliphatic rings. The number of hydrogen-bond acceptors (Lipinski definition) is 1. The van der Waals surface area contributed by atoms with E-state index in [-0.39, 0.29) is 0 Å². The fourth-order valence-electron chi connectivity index (χ4n) is 0. The van der Waals surface area contributed by atoms with Gasteiger partial charge in [0.25, 0.3) is 0 Å². The van der Waals surface area contributed by atoms with Gasteiger partial charge in [0.1, 0.15) is 0 Å². The van der Waals surface area contributed by atoms with Crippen molar-refractivity contribution in [3.8, 4) is 0 Å². The van der Waals surface area contributed by atoms with Crippen molar-refractivity contribution in [2.75, 3.05) is 13.0 Å². The van der Waals surface area contributed by atoms with Gasteiger partial charge in [-0.1, -0.05) is 13.8 Å². The van der Waals surface area contributed by atoms with Gasteiger partial charge in [0, 0.05) is 13.0 Å². The molecule has 1 N–H and O–H groups in total. The number of alkyl halides is 1. The van der Waals surface area contributed by atoms with E-state index in [0.717, 1.165) is 13.0 Å². The summed E-state index contributed by atoms with van der Waals surface area (Å²) in [5.74, 6) is 1.43. The van der Waals surface area contributed by atoms with Crippen LogP contribution in [0.25, 0.3) is 0 Å². The Bertz CT molecular complexity index is 22.0. The van der Waals surface area contributed by atoms with Crippen LogP contribution in [0.3, 0.4) is 0 Å². The van der Waals surface area contributed by atoms with Gasteiger partial charge >= 0.3 is 0 Å². The SMILES string of the molecule is CC(C)CCl.CO. The van der Waals surface area contributed by atoms with Crippen molar-refractivity contribution >= 4 is 11.6 Å². The fourth-order valence-corrected chi connectivity index (χ4v) is 0. The summed E-state index contributed by atoms with van der Waals surface area (Å²) in [5.41, 5.74) is 0. The highest BCUT2D eigenvalue weighted by Crippen LogP contribution is 1.91. The number of aliphatic hydroxyl groups is 1. The summed E-state index contributed by atoms with van der Waals surface area (Å²) in [6.45, 7) is 4.18. The van der Waals surface area contributed by atoms with Crippen molar-refractivity contribution in [3.63, 3.8) is 0 Å². The Morgan fingerprint density at radius 2 is 1.57 bits per heavy atom. The first-order valence-corrected chi connectivity index (χ1v) is 2.81. The molecule has 0 amide bonds. The summed E-state index contributed by atoms with van der Waals surface area (Å²) in [6.07, 6.45) is 0. The third kappa shape index (κ3) is 22.3. The molecule has 0 saturated carbocycles. The molecule has 0 aliphatic carbocycles. The van der Waals surface area contributed by atoms with Crippen LogP contribution in [0.2, 0.25) is 0 Å². The predicted octanol–water partition coefficient (Wildman–Crippen LogP) is 1.49. The van der Waals surface area contributed by atoms with Crippen LogP contribution in [0.15, 0.2) is 0 Å². The van der Waals surface area contributed by atoms with Gasteiger partial charge in [-0.2, -0.15) is 0 Å². The molecule has 0 aliphatic heterocycles. The summed E-state index contributed by atoms with van der Waals surface area (Å²) in [7, 11) is 1.00. The molecule has 2 heteroatoms. The summed E-state index contributed by atoms with van der Waals surface area (Å²) in [6, 6.07) is 0. The highest BCUT2D eigenvalue weighted by Gasteiger charge is 1.82. The molecule has 0 rings (SSSR count). The minimum atomic E-state index is 0.650. The maximum absolute atomic E-state index is 7.00. The Morgan fingerprint density at radius 1 is 1.43 bits per heavy atom. The molecular weight excluding hydrogens is 112 g/mol. The van der Waals surface area contributed by atoms with Crippen molar-refractivity contribution in [3.05, 3.63) is 0 Å². The standard InChI is InChI=1S/C4H9Cl.CH4O/c1-4(2)3-5;1-2/h4H,3H2,1-2H3;2H,1H3. The fraction of sp³-hybridized carbons (Fsp3) is 1.00. The molecule has 0 fully saturated rings. The average Bonchev–Trinajstić information content (AvgIpc) is 1.73. The molecule has 0 spiro atoms. The van der Waals surface area contributed by atoms with Gasteiger partial charge in [-0.3, -0.25) is 0 Å². The Labute approximate surface area is 50.3 Å². The molecule has 0 radical (unpaired) electrons. The van der Waals surface area contributed by atoms with Gasteiger partial charge in [-0.25, -0.2) is 0 Å². The largest absolute Gasteiger partial charge is 0.400 e. The van der Waals surface area contributed by atoms with Gasteiger partial charge < -0.3 is 5.11 Å². The lowest BCUT2D eigenvalue weighted by Gasteiger charge is -1.88. The van der Waals surface area contributed by atoms with Crippen molar-refractivity contribution in [1.29, 1.82) is 0 Å². The lowest BCUT2D eigenvalue weighted by atomic mass is 10.3. The third-order valence-electron chi connectivity index (χ3n) is 0.309. The molecule has 0 aromatic rings. The number of halogens is 1. The Morgan fingerprint density at radius 3 is 1.57 bits per heavy atom. The van der Waals surface area contributed by atoms with Crippen LogP contribution < -0.4 is 0 Å². The Hall–Kier alpha value is 0.250. The molecule has 0 atom stereocenters. The maximum atomic E-state index is 7.00. The van der Waals surface area contributed by atoms with E-state index in [4.69, 9.17) is 16.7 Å². The normalized spacial score (nSPS) is 7.71. The van der Waals surface area contributed by atoms with Gasteiger partial charge in [0.15, 0.2) is 0 Å². The second-order valence-electron chi connectivity index (χ2n) is 1.55. The zero-order chi connectivity index (χ0) is 6.28. The first kappa shape index (κ1) is 10.3. The maximum Gasteiger partial charge on any atom is 0.0319 e. The van der Waals surface area contributed by atoms with Crippen LogP contribution in [-0.2, 0) is 0 Å². The molecule has 0 unspecified atom stereocenters. The van der Waals surface area contributed by atoms with Crippen LogP contribution in [-0.4, -0.2) is 18.1 Å². The quantitative estimate of drug-likeness (QED) is 0.526. The minimum Gasteiger partial charge on any atom is -0.400 e. The van der Waals surface area contributed by atoms with Crippen LogP contribution in [0.1, 0.15) is 13.8 Å². The Balaban J connectivity index is 0. The molecule has 46 valence electrons. The lowest BCUT2D eigenvalue weighted by Crippen LogP contribution is -1.83. The summed E-state index contributed by atoms with van der Waals surface area (Å²) in [5, 5.41) is 7.00. The molecule has 1 nitrogen and oxygen atoms in total. The van der Waals surface area contributed by atoms with E-state index in [9.17, 15) is 0 Å². The van der Waals surface area contributed by atoms with Crippen LogP contribution in [0.4, 0.5) is 0 Å². The van der Waals surface area contributed by atoms with Gasteiger partial charge in [-0.05, 0) is 5.92 Å².